The first-order valence-electron chi connectivity index (χ1n) is 10.8. The third-order valence-electron chi connectivity index (χ3n) is 5.23. The number of hydrogen-bond acceptors (Lipinski definition) is 4. The predicted octanol–water partition coefficient (Wildman–Crippen LogP) is 6.66. The molecule has 174 valence electrons. The number of carbonyl (C=O) groups is 1. The van der Waals surface area contributed by atoms with Crippen LogP contribution in [0, 0.1) is 42.6 Å². The summed E-state index contributed by atoms with van der Waals surface area (Å²) < 4.78 is 12.5. The Balaban J connectivity index is 1.84. The number of benzene rings is 3. The maximum absolute atomic E-state index is 12.8. The van der Waals surface area contributed by atoms with Crippen LogP contribution in [0.2, 0.25) is 0 Å². The molecule has 0 aliphatic carbocycles. The van der Waals surface area contributed by atoms with Gasteiger partial charge in [0.15, 0.2) is 11.5 Å². The molecule has 34 heavy (non-hydrogen) atoms. The fourth-order valence-electron chi connectivity index (χ4n) is 3.65. The number of methoxy groups -OCH3 is 1. The summed E-state index contributed by atoms with van der Waals surface area (Å²) in [6, 6.07) is 17.7. The van der Waals surface area contributed by atoms with Gasteiger partial charge < -0.3 is 14.8 Å². The minimum atomic E-state index is -0.458. The van der Waals surface area contributed by atoms with E-state index >= 15 is 0 Å². The van der Waals surface area contributed by atoms with Crippen molar-refractivity contribution in [2.24, 2.45) is 0 Å². The molecule has 0 saturated heterocycles. The second-order valence-electron chi connectivity index (χ2n) is 8.26. The molecule has 0 aliphatic rings. The lowest BCUT2D eigenvalue weighted by atomic mass is 10.1. The van der Waals surface area contributed by atoms with E-state index in [-0.39, 0.29) is 5.57 Å². The van der Waals surface area contributed by atoms with Gasteiger partial charge in [-0.15, -0.1) is 0 Å². The van der Waals surface area contributed by atoms with Crippen molar-refractivity contribution in [3.63, 3.8) is 0 Å². The minimum Gasteiger partial charge on any atom is -0.493 e. The molecule has 0 atom stereocenters. The van der Waals surface area contributed by atoms with Gasteiger partial charge in [-0.3, -0.25) is 4.79 Å². The third kappa shape index (κ3) is 6.39. The Morgan fingerprint density at radius 2 is 1.74 bits per heavy atom. The van der Waals surface area contributed by atoms with Crippen molar-refractivity contribution in [3.8, 4) is 17.6 Å². The summed E-state index contributed by atoms with van der Waals surface area (Å²) in [5.41, 5.74) is 6.77. The number of aryl methyl sites for hydroxylation is 4. The lowest BCUT2D eigenvalue weighted by Crippen LogP contribution is -2.14. The molecule has 3 rings (SSSR count). The number of ether oxygens (including phenoxy) is 2. The van der Waals surface area contributed by atoms with Gasteiger partial charge in [-0.2, -0.15) is 5.26 Å². The fourth-order valence-corrected chi connectivity index (χ4v) is 4.43. The summed E-state index contributed by atoms with van der Waals surface area (Å²) in [6.45, 7) is 8.39. The monoisotopic (exact) mass is 566 g/mol. The molecule has 0 aromatic heterocycles. The van der Waals surface area contributed by atoms with Gasteiger partial charge in [-0.05, 0) is 96.8 Å². The maximum atomic E-state index is 12.8. The maximum Gasteiger partial charge on any atom is 0.266 e. The van der Waals surface area contributed by atoms with Crippen LogP contribution >= 0.6 is 22.6 Å². The molecule has 0 unspecified atom stereocenters. The lowest BCUT2D eigenvalue weighted by Gasteiger charge is -2.14. The zero-order chi connectivity index (χ0) is 24.8. The van der Waals surface area contributed by atoms with E-state index in [0.717, 1.165) is 20.3 Å². The van der Waals surface area contributed by atoms with Gasteiger partial charge in [0, 0.05) is 5.69 Å². The molecule has 1 amide bonds. The van der Waals surface area contributed by atoms with Gasteiger partial charge >= 0.3 is 0 Å². The lowest BCUT2D eigenvalue weighted by molar-refractivity contribution is -0.112. The van der Waals surface area contributed by atoms with E-state index in [4.69, 9.17) is 9.47 Å². The molecule has 5 nitrogen and oxygen atoms in total. The summed E-state index contributed by atoms with van der Waals surface area (Å²) in [5, 5.41) is 12.5. The standard InChI is InChI=1S/C28H27IN2O3/c1-17-6-7-20(4)25(11-17)31-28(32)23(15-30)12-21-13-24(29)27(26(14-21)33-5)34-16-22-9-18(2)8-19(3)10-22/h6-14H,16H2,1-5H3,(H,31,32)/b23-12+. The Morgan fingerprint density at radius 1 is 1.03 bits per heavy atom. The first-order chi connectivity index (χ1) is 16.2. The molecule has 0 saturated carbocycles. The summed E-state index contributed by atoms with van der Waals surface area (Å²) in [5.74, 6) is 0.702. The number of halogens is 1. The molecule has 0 aliphatic heterocycles. The van der Waals surface area contributed by atoms with Gasteiger partial charge in [0.05, 0.1) is 10.7 Å². The molecular formula is C28H27IN2O3. The van der Waals surface area contributed by atoms with E-state index in [1.54, 1.807) is 19.3 Å². The Hall–Kier alpha value is -3.31. The van der Waals surface area contributed by atoms with Crippen LogP contribution in [0.1, 0.15) is 33.4 Å². The van der Waals surface area contributed by atoms with E-state index in [2.05, 4.69) is 60.0 Å². The van der Waals surface area contributed by atoms with Crippen molar-refractivity contribution in [2.45, 2.75) is 34.3 Å². The second-order valence-corrected chi connectivity index (χ2v) is 9.42. The number of carbonyl (C=O) groups excluding carboxylic acids is 1. The molecule has 3 aromatic rings. The highest BCUT2D eigenvalue weighted by atomic mass is 127. The highest BCUT2D eigenvalue weighted by molar-refractivity contribution is 14.1. The second kappa shape index (κ2) is 11.2. The summed E-state index contributed by atoms with van der Waals surface area (Å²) in [6.07, 6.45) is 1.55. The molecule has 0 heterocycles. The van der Waals surface area contributed by atoms with Gasteiger partial charge in [-0.1, -0.05) is 41.5 Å². The minimum absolute atomic E-state index is 0.00247. The summed E-state index contributed by atoms with van der Waals surface area (Å²) >= 11 is 2.18. The molecule has 0 fully saturated rings. The number of nitrogens with one attached hydrogen (secondary N) is 1. The smallest absolute Gasteiger partial charge is 0.266 e. The SMILES string of the molecule is COc1cc(/C=C(\C#N)C(=O)Nc2cc(C)ccc2C)cc(I)c1OCc1cc(C)cc(C)c1. The first-order valence-corrected chi connectivity index (χ1v) is 11.9. The number of anilines is 1. The zero-order valence-electron chi connectivity index (χ0n) is 20.0. The van der Waals surface area contributed by atoms with Crippen LogP contribution in [0.5, 0.6) is 11.5 Å². The Labute approximate surface area is 214 Å². The molecular weight excluding hydrogens is 539 g/mol. The molecule has 6 heteroatoms. The first kappa shape index (κ1) is 25.3. The number of hydrogen-bond donors (Lipinski definition) is 1. The average Bonchev–Trinajstić information content (AvgIpc) is 2.78. The van der Waals surface area contributed by atoms with E-state index < -0.39 is 5.91 Å². The quantitative estimate of drug-likeness (QED) is 0.197. The molecule has 1 N–H and O–H groups in total. The van der Waals surface area contributed by atoms with Crippen molar-refractivity contribution in [1.29, 1.82) is 5.26 Å². The average molecular weight is 566 g/mol. The Morgan fingerprint density at radius 3 is 2.38 bits per heavy atom. The molecule has 0 bridgehead atoms. The van der Waals surface area contributed by atoms with Crippen LogP contribution in [0.3, 0.4) is 0 Å². The van der Waals surface area contributed by atoms with Crippen LogP contribution in [0.25, 0.3) is 6.08 Å². The van der Waals surface area contributed by atoms with Gasteiger partial charge in [0.1, 0.15) is 18.2 Å². The fraction of sp³-hybridized carbons (Fsp3) is 0.214. The van der Waals surface area contributed by atoms with E-state index in [1.165, 1.54) is 11.1 Å². The van der Waals surface area contributed by atoms with Gasteiger partial charge in [-0.25, -0.2) is 0 Å². The van der Waals surface area contributed by atoms with Crippen molar-refractivity contribution in [3.05, 3.63) is 91.1 Å². The zero-order valence-corrected chi connectivity index (χ0v) is 22.1. The highest BCUT2D eigenvalue weighted by Gasteiger charge is 2.15. The topological polar surface area (TPSA) is 71.3 Å². The van der Waals surface area contributed by atoms with Crippen LogP contribution in [0.4, 0.5) is 5.69 Å². The number of rotatable bonds is 7. The molecule has 0 spiro atoms. The van der Waals surface area contributed by atoms with Crippen molar-refractivity contribution >= 4 is 40.3 Å². The highest BCUT2D eigenvalue weighted by Crippen LogP contribution is 2.35. The van der Waals surface area contributed by atoms with Crippen molar-refractivity contribution < 1.29 is 14.3 Å². The van der Waals surface area contributed by atoms with Crippen LogP contribution in [-0.2, 0) is 11.4 Å². The van der Waals surface area contributed by atoms with Crippen molar-refractivity contribution in [1.82, 2.24) is 0 Å². The van der Waals surface area contributed by atoms with Gasteiger partial charge in [0.2, 0.25) is 0 Å². The Bertz CT molecular complexity index is 1290. The van der Waals surface area contributed by atoms with Crippen LogP contribution in [0.15, 0.2) is 54.1 Å². The Kier molecular flexibility index (Phi) is 8.35. The third-order valence-corrected chi connectivity index (χ3v) is 6.04. The molecule has 0 radical (unpaired) electrons. The summed E-state index contributed by atoms with van der Waals surface area (Å²) in [7, 11) is 1.57. The number of nitriles is 1. The number of nitrogens with zero attached hydrogens (tertiary/aromatic N) is 1. The molecule has 3 aromatic carbocycles. The van der Waals surface area contributed by atoms with E-state index in [9.17, 15) is 10.1 Å². The predicted molar refractivity (Wildman–Crippen MR) is 144 cm³/mol. The van der Waals surface area contributed by atoms with Crippen LogP contribution < -0.4 is 14.8 Å². The normalized spacial score (nSPS) is 11.0. The number of amides is 1. The van der Waals surface area contributed by atoms with Crippen LogP contribution in [-0.4, -0.2) is 13.0 Å². The van der Waals surface area contributed by atoms with Gasteiger partial charge in [0.25, 0.3) is 5.91 Å². The largest absolute Gasteiger partial charge is 0.493 e. The van der Waals surface area contributed by atoms with E-state index in [0.29, 0.717) is 29.4 Å². The van der Waals surface area contributed by atoms with Crippen molar-refractivity contribution in [2.75, 3.05) is 12.4 Å². The summed E-state index contributed by atoms with van der Waals surface area (Å²) in [4.78, 5) is 12.8. The van der Waals surface area contributed by atoms with E-state index in [1.807, 2.05) is 44.2 Å².